The second-order valence-corrected chi connectivity index (χ2v) is 7.30. The molecule has 1 aliphatic rings. The summed E-state index contributed by atoms with van der Waals surface area (Å²) in [7, 11) is -1.54. The highest BCUT2D eigenvalue weighted by Gasteiger charge is 2.23. The van der Waals surface area contributed by atoms with Gasteiger partial charge in [0.1, 0.15) is 11.3 Å². The van der Waals surface area contributed by atoms with Gasteiger partial charge in [-0.25, -0.2) is 4.98 Å². The third kappa shape index (κ3) is 3.56. The van der Waals surface area contributed by atoms with Gasteiger partial charge in [-0.1, -0.05) is 35.5 Å². The molecule has 12 heteroatoms. The number of carbonyl (C=O) groups excluding carboxylic acids is 1. The number of anilines is 1. The number of primary amides is 1. The van der Waals surface area contributed by atoms with Gasteiger partial charge in [-0.15, -0.1) is 5.10 Å². The fourth-order valence-electron chi connectivity index (χ4n) is 3.62. The molecule has 0 saturated heterocycles. The lowest BCUT2D eigenvalue weighted by molar-refractivity contribution is 0.100. The number of rotatable bonds is 6. The average molecular weight is 431 g/mol. The van der Waals surface area contributed by atoms with Gasteiger partial charge in [0, 0.05) is 12.1 Å². The predicted molar refractivity (Wildman–Crippen MR) is 115 cm³/mol. The first-order valence-corrected chi connectivity index (χ1v) is 9.82. The number of hydrogen-bond donors (Lipinski definition) is 4. The second kappa shape index (κ2) is 8.00. The van der Waals surface area contributed by atoms with E-state index in [1.54, 1.807) is 36.4 Å². The Balaban J connectivity index is 1.52. The van der Waals surface area contributed by atoms with Crippen LogP contribution in [-0.2, 0) is 24.5 Å². The molecule has 0 aliphatic carbocycles. The number of aromatic nitrogens is 5. The molecule has 0 radical (unpaired) electrons. The van der Waals surface area contributed by atoms with Gasteiger partial charge in [-0.3, -0.25) is 4.79 Å². The van der Waals surface area contributed by atoms with Crippen LogP contribution in [0.1, 0.15) is 27.2 Å². The Hall–Kier alpha value is -3.87. The van der Waals surface area contributed by atoms with Crippen molar-refractivity contribution in [3.63, 3.8) is 0 Å². The molecule has 160 valence electrons. The molecule has 3 heterocycles. The summed E-state index contributed by atoms with van der Waals surface area (Å²) in [6, 6.07) is 12.0. The van der Waals surface area contributed by atoms with Crippen LogP contribution in [0.15, 0.2) is 42.5 Å². The van der Waals surface area contributed by atoms with Crippen LogP contribution in [0.2, 0.25) is 0 Å². The minimum absolute atomic E-state index is 0.266. The normalized spacial score (nSPS) is 12.7. The number of nitrogens with two attached hydrogens (primary N) is 1. The maximum Gasteiger partial charge on any atom is 0.488 e. The molecule has 32 heavy (non-hydrogen) atoms. The van der Waals surface area contributed by atoms with Crippen LogP contribution in [0, 0.1) is 0 Å². The molecule has 11 nitrogen and oxygen atoms in total. The second-order valence-electron chi connectivity index (χ2n) is 7.30. The third-order valence-electron chi connectivity index (χ3n) is 5.21. The molecule has 5 rings (SSSR count). The molecule has 0 atom stereocenters. The number of amides is 1. The highest BCUT2D eigenvalue weighted by molar-refractivity contribution is 6.58. The van der Waals surface area contributed by atoms with Crippen LogP contribution in [0.3, 0.4) is 0 Å². The highest BCUT2D eigenvalue weighted by Crippen LogP contribution is 2.27. The van der Waals surface area contributed by atoms with E-state index in [1.165, 1.54) is 4.68 Å². The lowest BCUT2D eigenvalue weighted by Crippen LogP contribution is -2.30. The molecule has 0 bridgehead atoms. The Morgan fingerprint density at radius 2 is 2.03 bits per heavy atom. The number of carbonyl (C=O) groups is 1. The van der Waals surface area contributed by atoms with Crippen molar-refractivity contribution in [3.8, 4) is 5.95 Å². The van der Waals surface area contributed by atoms with Gasteiger partial charge in [0.15, 0.2) is 0 Å². The van der Waals surface area contributed by atoms with Crippen molar-refractivity contribution in [2.45, 2.75) is 19.8 Å². The Morgan fingerprint density at radius 3 is 2.84 bits per heavy atom. The largest absolute Gasteiger partial charge is 0.488 e. The van der Waals surface area contributed by atoms with E-state index in [2.05, 4.69) is 25.6 Å². The highest BCUT2D eigenvalue weighted by atomic mass is 16.5. The van der Waals surface area contributed by atoms with Crippen molar-refractivity contribution in [2.24, 2.45) is 5.73 Å². The topological polar surface area (TPSA) is 161 Å². The molecule has 0 saturated carbocycles. The summed E-state index contributed by atoms with van der Waals surface area (Å²) in [4.78, 5) is 20.9. The van der Waals surface area contributed by atoms with E-state index in [0.717, 1.165) is 16.8 Å². The molecule has 1 aliphatic heterocycles. The van der Waals surface area contributed by atoms with Crippen molar-refractivity contribution in [1.82, 2.24) is 25.0 Å². The number of hydrogen-bond acceptors (Lipinski definition) is 9. The summed E-state index contributed by atoms with van der Waals surface area (Å²) in [6.07, 6.45) is 0. The maximum atomic E-state index is 11.7. The van der Waals surface area contributed by atoms with E-state index >= 15 is 0 Å². The molecule has 0 fully saturated rings. The molecule has 0 spiro atoms. The van der Waals surface area contributed by atoms with Gasteiger partial charge < -0.3 is 25.8 Å². The maximum absolute atomic E-state index is 11.7. The standard InChI is InChI=1S/C20H18BN7O4/c22-18(29)13-5-2-6-16-17(13)26-27-28(16)20-24-15-10-32-9-14(15)19(25-20)23-8-11-3-1-4-12(7-11)21(30)31/h1-7,30-31H,8-10H2,(H2,22,29)(H,23,24,25). The third-order valence-corrected chi connectivity index (χ3v) is 5.21. The van der Waals surface area contributed by atoms with Gasteiger partial charge in [0.05, 0.1) is 30.0 Å². The Kier molecular flexibility index (Phi) is 5.01. The van der Waals surface area contributed by atoms with E-state index < -0.39 is 13.0 Å². The number of fused-ring (bicyclic) bond motifs is 2. The first kappa shape index (κ1) is 20.1. The zero-order valence-corrected chi connectivity index (χ0v) is 16.8. The first-order chi connectivity index (χ1) is 15.5. The Labute approximate surface area is 182 Å². The van der Waals surface area contributed by atoms with E-state index in [9.17, 15) is 14.8 Å². The van der Waals surface area contributed by atoms with E-state index in [-0.39, 0.29) is 11.5 Å². The fraction of sp³-hybridized carbons (Fsp3) is 0.150. The molecular formula is C20H18BN7O4. The summed E-state index contributed by atoms with van der Waals surface area (Å²) in [5.74, 6) is 0.260. The Bertz CT molecular complexity index is 1340. The summed E-state index contributed by atoms with van der Waals surface area (Å²) in [5, 5.41) is 30.3. The smallest absolute Gasteiger partial charge is 0.423 e. The van der Waals surface area contributed by atoms with Crippen LogP contribution in [0.25, 0.3) is 17.0 Å². The lowest BCUT2D eigenvalue weighted by atomic mass is 9.80. The van der Waals surface area contributed by atoms with E-state index in [1.807, 2.05) is 6.07 Å². The first-order valence-electron chi connectivity index (χ1n) is 9.82. The number of benzene rings is 2. The van der Waals surface area contributed by atoms with Crippen molar-refractivity contribution < 1.29 is 19.6 Å². The molecule has 1 amide bonds. The van der Waals surface area contributed by atoms with Crippen molar-refractivity contribution in [3.05, 3.63) is 64.8 Å². The zero-order chi connectivity index (χ0) is 22.2. The van der Waals surface area contributed by atoms with Gasteiger partial charge in [0.2, 0.25) is 0 Å². The van der Waals surface area contributed by atoms with Crippen LogP contribution >= 0.6 is 0 Å². The summed E-state index contributed by atoms with van der Waals surface area (Å²) < 4.78 is 7.01. The minimum Gasteiger partial charge on any atom is -0.423 e. The molecule has 0 unspecified atom stereocenters. The minimum atomic E-state index is -1.54. The summed E-state index contributed by atoms with van der Waals surface area (Å²) >= 11 is 0. The van der Waals surface area contributed by atoms with Gasteiger partial charge in [-0.2, -0.15) is 9.67 Å². The number of nitrogens with one attached hydrogen (secondary N) is 1. The predicted octanol–water partition coefficient (Wildman–Crippen LogP) is -0.369. The monoisotopic (exact) mass is 431 g/mol. The van der Waals surface area contributed by atoms with E-state index in [4.69, 9.17) is 10.5 Å². The van der Waals surface area contributed by atoms with E-state index in [0.29, 0.717) is 42.1 Å². The fourth-order valence-corrected chi connectivity index (χ4v) is 3.62. The van der Waals surface area contributed by atoms with Crippen molar-refractivity contribution in [1.29, 1.82) is 0 Å². The average Bonchev–Trinajstić information content (AvgIpc) is 3.44. The molecular weight excluding hydrogens is 413 g/mol. The quantitative estimate of drug-likeness (QED) is 0.299. The van der Waals surface area contributed by atoms with Crippen molar-refractivity contribution in [2.75, 3.05) is 5.32 Å². The SMILES string of the molecule is NC(=O)c1cccc2c1nnn2-c1nc2c(c(NCc3cccc(B(O)O)c3)n1)COC2. The summed E-state index contributed by atoms with van der Waals surface area (Å²) in [5.41, 5.74) is 9.45. The van der Waals surface area contributed by atoms with Gasteiger partial charge in [-0.05, 0) is 23.2 Å². The van der Waals surface area contributed by atoms with Crippen LogP contribution in [-0.4, -0.2) is 48.0 Å². The molecule has 2 aromatic carbocycles. The molecule has 5 N–H and O–H groups in total. The van der Waals surface area contributed by atoms with Gasteiger partial charge in [0.25, 0.3) is 11.9 Å². The summed E-state index contributed by atoms with van der Waals surface area (Å²) in [6.45, 7) is 1.11. The van der Waals surface area contributed by atoms with Crippen LogP contribution < -0.4 is 16.5 Å². The number of ether oxygens (including phenoxy) is 1. The zero-order valence-electron chi connectivity index (χ0n) is 16.8. The van der Waals surface area contributed by atoms with Crippen molar-refractivity contribution >= 4 is 35.3 Å². The van der Waals surface area contributed by atoms with Crippen LogP contribution in [0.5, 0.6) is 0 Å². The Morgan fingerprint density at radius 1 is 1.19 bits per heavy atom. The van der Waals surface area contributed by atoms with Crippen LogP contribution in [0.4, 0.5) is 5.82 Å². The molecule has 4 aromatic rings. The lowest BCUT2D eigenvalue weighted by Gasteiger charge is -2.12. The van der Waals surface area contributed by atoms with Gasteiger partial charge >= 0.3 is 7.12 Å². The number of nitrogens with zero attached hydrogens (tertiary/aromatic N) is 5. The molecule has 2 aromatic heterocycles.